The lowest BCUT2D eigenvalue weighted by molar-refractivity contribution is 0.686. The average molecular weight is 122 g/mol. The van der Waals surface area contributed by atoms with Crippen molar-refractivity contribution in [3.05, 3.63) is 0 Å². The van der Waals surface area contributed by atoms with Gasteiger partial charge in [0.05, 0.1) is 0 Å². The van der Waals surface area contributed by atoms with Crippen molar-refractivity contribution in [3.63, 3.8) is 0 Å². The van der Waals surface area contributed by atoms with Crippen LogP contribution in [-0.4, -0.2) is 31.9 Å². The Kier molecular flexibility index (Phi) is 83.2. The van der Waals surface area contributed by atoms with E-state index >= 15 is 0 Å². The third-order valence-corrected chi connectivity index (χ3v) is 0. The van der Waals surface area contributed by atoms with E-state index in [0.29, 0.717) is 0 Å². The van der Waals surface area contributed by atoms with Crippen LogP contribution in [0.3, 0.4) is 0 Å². The van der Waals surface area contributed by atoms with Gasteiger partial charge in [0.15, 0.2) is 0 Å². The van der Waals surface area contributed by atoms with Crippen LogP contribution in [0.4, 0.5) is 0 Å². The third-order valence-electron chi connectivity index (χ3n) is 0. The fourth-order valence-electron chi connectivity index (χ4n) is 0. The molecule has 0 fully saturated rings. The van der Waals surface area contributed by atoms with Crippen LogP contribution in [0, 0.1) is 0 Å². The van der Waals surface area contributed by atoms with Gasteiger partial charge in [-0.1, -0.05) is 0 Å². The summed E-state index contributed by atoms with van der Waals surface area (Å²) in [5.41, 5.74) is 0. The van der Waals surface area contributed by atoms with Gasteiger partial charge in [0, 0.05) is 16.4 Å². The predicted molar refractivity (Wildman–Crippen MR) is 27.4 cm³/mol. The van der Waals surface area contributed by atoms with E-state index in [4.69, 9.17) is 0 Å². The molecule has 0 atom stereocenters. The summed E-state index contributed by atoms with van der Waals surface area (Å²) in [4.78, 5) is 0. The molecular formula is H6O2Si3. The van der Waals surface area contributed by atoms with Gasteiger partial charge in [0.25, 0.3) is 0 Å². The molecule has 0 aromatic carbocycles. The van der Waals surface area contributed by atoms with E-state index in [0.717, 1.165) is 21.0 Å². The Morgan fingerprint density at radius 3 is 1.20 bits per heavy atom. The molecule has 0 aliphatic rings. The van der Waals surface area contributed by atoms with Gasteiger partial charge in [-0.15, -0.1) is 0 Å². The molecule has 0 bridgehead atoms. The number of hydrogen-bond donors (Lipinski definition) is 0. The van der Waals surface area contributed by atoms with E-state index < -0.39 is 0 Å². The predicted octanol–water partition coefficient (Wildman–Crippen LogP) is -2.94. The fourth-order valence-corrected chi connectivity index (χ4v) is 0. The van der Waals surface area contributed by atoms with Crippen molar-refractivity contribution in [3.8, 4) is 0 Å². The quantitative estimate of drug-likeness (QED) is 0.317. The lowest BCUT2D eigenvalue weighted by atomic mass is 15.8. The molecule has 0 unspecified atom stereocenters. The van der Waals surface area contributed by atoms with Crippen LogP contribution in [0.2, 0.25) is 0 Å². The van der Waals surface area contributed by atoms with Crippen molar-refractivity contribution < 1.29 is 9.59 Å². The van der Waals surface area contributed by atoms with Crippen LogP contribution in [-0.2, 0) is 9.59 Å². The molecule has 0 rings (SSSR count). The second kappa shape index (κ2) is 23.6. The Balaban J connectivity index is -0.0000000200. The van der Waals surface area contributed by atoms with Crippen molar-refractivity contribution in [2.75, 3.05) is 0 Å². The molecule has 0 aliphatic carbocycles. The second-order valence-corrected chi connectivity index (χ2v) is 3.67. The molecule has 0 N–H and O–H groups in total. The van der Waals surface area contributed by atoms with E-state index in [-0.39, 0.29) is 16.4 Å². The van der Waals surface area contributed by atoms with Crippen LogP contribution in [0.5, 0.6) is 0 Å². The van der Waals surface area contributed by atoms with Gasteiger partial charge >= 0.3 is 0 Å². The summed E-state index contributed by atoms with van der Waals surface area (Å²) >= 11 is 0. The largest absolute Gasteiger partial charge is 0.471 e. The molecular weight excluding hydrogens is 116 g/mol. The molecule has 0 spiro atoms. The van der Waals surface area contributed by atoms with Gasteiger partial charge in [-0.2, -0.15) is 0 Å². The molecule has 5 heavy (non-hydrogen) atoms. The van der Waals surface area contributed by atoms with Crippen LogP contribution in [0.1, 0.15) is 0 Å². The van der Waals surface area contributed by atoms with Gasteiger partial charge in [0.1, 0.15) is 21.0 Å². The summed E-state index contributed by atoms with van der Waals surface area (Å²) < 4.78 is 4.53. The number of hydrogen-bond acceptors (Lipinski definition) is 1. The Hall–Kier alpha value is 0.571. The van der Waals surface area contributed by atoms with Gasteiger partial charge in [-0.25, -0.2) is 0 Å². The van der Waals surface area contributed by atoms with Gasteiger partial charge in [-0.05, 0) is 0 Å². The fraction of sp³-hybridized carbons (Fsp3) is 0. The van der Waals surface area contributed by atoms with E-state index in [9.17, 15) is 0 Å². The van der Waals surface area contributed by atoms with Crippen LogP contribution in [0.15, 0.2) is 0 Å². The second-order valence-electron chi connectivity index (χ2n) is 0.408. The monoisotopic (exact) mass is 122 g/mol. The van der Waals surface area contributed by atoms with E-state index in [1.165, 1.54) is 0 Å². The first-order valence-electron chi connectivity index (χ1n) is 0.816. The van der Waals surface area contributed by atoms with Crippen LogP contribution in [0.25, 0.3) is 0 Å². The molecule has 0 saturated heterocycles. The standard InChI is InChI=1S/H6OSi2.O.Si/c2-1-3;;/h2-3H3;;. The van der Waals surface area contributed by atoms with Crippen molar-refractivity contribution in [2.24, 2.45) is 0 Å². The SMILES string of the molecule is [O].[SiH3]O[SiH3].[Si]. The molecule has 0 aliphatic heterocycles. The zero-order valence-corrected chi connectivity index (χ0v) is 8.32. The van der Waals surface area contributed by atoms with Gasteiger partial charge in [-0.3, -0.25) is 0 Å². The third kappa shape index (κ3) is 92.8. The molecule has 30 valence electrons. The first-order chi connectivity index (χ1) is 1.41. The maximum atomic E-state index is 4.53. The highest BCUT2D eigenvalue weighted by Gasteiger charge is 1.28. The Morgan fingerprint density at radius 1 is 1.20 bits per heavy atom. The lowest BCUT2D eigenvalue weighted by Crippen LogP contribution is -1.65. The van der Waals surface area contributed by atoms with E-state index in [1.54, 1.807) is 0 Å². The number of rotatable bonds is 0. The summed E-state index contributed by atoms with van der Waals surface area (Å²) in [7, 11) is 1.86. The highest BCUT2D eigenvalue weighted by Crippen LogP contribution is 1.20. The minimum atomic E-state index is 0. The highest BCUT2D eigenvalue weighted by atomic mass is 28.3. The van der Waals surface area contributed by atoms with Crippen LogP contribution >= 0.6 is 0 Å². The van der Waals surface area contributed by atoms with E-state index in [2.05, 4.69) is 4.12 Å². The normalized spacial score (nSPS) is 4.80. The topological polar surface area (TPSA) is 37.7 Å². The molecule has 0 amide bonds. The summed E-state index contributed by atoms with van der Waals surface area (Å²) in [5, 5.41) is 0. The Morgan fingerprint density at radius 2 is 1.20 bits per heavy atom. The Bertz CT molecular complexity index is 4.85. The summed E-state index contributed by atoms with van der Waals surface area (Å²) in [5.74, 6) is 0. The van der Waals surface area contributed by atoms with Crippen molar-refractivity contribution >= 4 is 31.9 Å². The van der Waals surface area contributed by atoms with E-state index in [1.807, 2.05) is 0 Å². The van der Waals surface area contributed by atoms with Crippen molar-refractivity contribution in [1.29, 1.82) is 0 Å². The summed E-state index contributed by atoms with van der Waals surface area (Å²) in [6, 6.07) is 0. The minimum absolute atomic E-state index is 0. The maximum absolute atomic E-state index is 4.53. The van der Waals surface area contributed by atoms with Gasteiger partial charge < -0.3 is 4.12 Å². The molecule has 0 saturated carbocycles. The lowest BCUT2D eigenvalue weighted by Gasteiger charge is -1.62. The molecule has 0 aromatic heterocycles. The molecule has 0 heterocycles. The van der Waals surface area contributed by atoms with Gasteiger partial charge in [0.2, 0.25) is 0 Å². The maximum Gasteiger partial charge on any atom is 0.129 e. The van der Waals surface area contributed by atoms with Crippen molar-refractivity contribution in [1.82, 2.24) is 0 Å². The molecule has 6 radical (unpaired) electrons. The Labute approximate surface area is 42.3 Å². The first-order valence-corrected chi connectivity index (χ1v) is 2.45. The molecule has 2 nitrogen and oxygen atoms in total. The summed E-state index contributed by atoms with van der Waals surface area (Å²) in [6.45, 7) is 0. The molecule has 0 aromatic rings. The zero-order chi connectivity index (χ0) is 2.71. The minimum Gasteiger partial charge on any atom is -0.471 e. The molecule has 5 heteroatoms. The highest BCUT2D eigenvalue weighted by molar-refractivity contribution is 6.15. The average Bonchev–Trinajstić information content (AvgIpc) is 0.918. The van der Waals surface area contributed by atoms with Crippen LogP contribution < -0.4 is 0 Å². The smallest absolute Gasteiger partial charge is 0.129 e. The van der Waals surface area contributed by atoms with Crippen molar-refractivity contribution in [2.45, 2.75) is 0 Å². The zero-order valence-electron chi connectivity index (χ0n) is 3.32. The summed E-state index contributed by atoms with van der Waals surface area (Å²) in [6.07, 6.45) is 0. The first kappa shape index (κ1) is 17.6.